The maximum atomic E-state index is 12.7. The second-order valence-electron chi connectivity index (χ2n) is 7.05. The fourth-order valence-corrected chi connectivity index (χ4v) is 4.04. The van der Waals surface area contributed by atoms with Gasteiger partial charge in [-0.3, -0.25) is 0 Å². The summed E-state index contributed by atoms with van der Waals surface area (Å²) in [5, 5.41) is 3.93. The highest BCUT2D eigenvalue weighted by Gasteiger charge is 2.31. The summed E-state index contributed by atoms with van der Waals surface area (Å²) in [5.74, 6) is 0.936. The molecule has 0 atom stereocenters. The summed E-state index contributed by atoms with van der Waals surface area (Å²) in [4.78, 5) is 25.5. The van der Waals surface area contributed by atoms with Crippen LogP contribution in [0.25, 0.3) is 0 Å². The van der Waals surface area contributed by atoms with Crippen molar-refractivity contribution in [2.45, 2.75) is 18.9 Å². The van der Waals surface area contributed by atoms with E-state index in [9.17, 15) is 4.79 Å². The van der Waals surface area contributed by atoms with Crippen LogP contribution in [-0.2, 0) is 0 Å². The summed E-state index contributed by atoms with van der Waals surface area (Å²) in [6.45, 7) is 4.96. The molecular formula is C18H25ClN6O. The highest BCUT2D eigenvalue weighted by molar-refractivity contribution is 6.30. The van der Waals surface area contributed by atoms with Crippen molar-refractivity contribution < 1.29 is 4.79 Å². The number of likely N-dealkylation sites (tertiary alicyclic amines) is 1. The third kappa shape index (κ3) is 3.33. The number of fused-ring (bicyclic) bond motifs is 1. The summed E-state index contributed by atoms with van der Waals surface area (Å²) in [6.07, 6.45) is 7.70. The number of anilines is 2. The molecule has 0 aliphatic carbocycles. The Hall–Kier alpha value is -1.99. The Morgan fingerprint density at radius 1 is 1.15 bits per heavy atom. The Kier molecular flexibility index (Phi) is 4.91. The molecule has 26 heavy (non-hydrogen) atoms. The smallest absolute Gasteiger partial charge is 0.320 e. The number of pyridine rings is 1. The van der Waals surface area contributed by atoms with Crippen molar-refractivity contribution in [3.8, 4) is 0 Å². The molecule has 2 fully saturated rings. The molecule has 0 spiro atoms. The van der Waals surface area contributed by atoms with Gasteiger partial charge >= 0.3 is 6.03 Å². The van der Waals surface area contributed by atoms with E-state index in [1.807, 2.05) is 34.0 Å². The predicted octanol–water partition coefficient (Wildman–Crippen LogP) is 1.95. The van der Waals surface area contributed by atoms with E-state index in [-0.39, 0.29) is 6.03 Å². The summed E-state index contributed by atoms with van der Waals surface area (Å²) < 4.78 is 0. The summed E-state index contributed by atoms with van der Waals surface area (Å²) >= 11 is 6.12. The Bertz CT molecular complexity index is 697. The third-order valence-electron chi connectivity index (χ3n) is 5.41. The third-order valence-corrected chi connectivity index (χ3v) is 5.61. The van der Waals surface area contributed by atoms with Gasteiger partial charge in [0.25, 0.3) is 0 Å². The lowest BCUT2D eigenvalue weighted by Crippen LogP contribution is -2.54. The number of nitrogens with one attached hydrogen (secondary N) is 1. The average Bonchev–Trinajstić information content (AvgIpc) is 2.69. The molecule has 1 N–H and O–H groups in total. The number of amides is 2. The standard InChI is InChI=1S/C18H25ClN6O/c1-22-10-11-25(17-16(22)12-14(19)13-21-17)15-2-6-23(7-3-15)18(26)24-8-4-20-5-9-24/h10-13,15,20H,2-9H2,1H3. The molecule has 1 aromatic heterocycles. The first kappa shape index (κ1) is 17.4. The van der Waals surface area contributed by atoms with Gasteiger partial charge in [-0.05, 0) is 18.9 Å². The van der Waals surface area contributed by atoms with Crippen molar-refractivity contribution in [2.75, 3.05) is 56.1 Å². The Balaban J connectivity index is 1.42. The van der Waals surface area contributed by atoms with Crippen molar-refractivity contribution in [1.29, 1.82) is 0 Å². The van der Waals surface area contributed by atoms with E-state index >= 15 is 0 Å². The van der Waals surface area contributed by atoms with Crippen LogP contribution in [0.4, 0.5) is 16.3 Å². The molecule has 8 heteroatoms. The molecule has 4 heterocycles. The van der Waals surface area contributed by atoms with E-state index < -0.39 is 0 Å². The SMILES string of the molecule is CN1C=CN(C2CCN(C(=O)N3CCNCC3)CC2)c2ncc(Cl)cc21. The van der Waals surface area contributed by atoms with E-state index in [1.54, 1.807) is 6.20 Å². The van der Waals surface area contributed by atoms with E-state index in [1.165, 1.54) is 0 Å². The van der Waals surface area contributed by atoms with Gasteiger partial charge in [-0.15, -0.1) is 0 Å². The van der Waals surface area contributed by atoms with E-state index in [0.717, 1.165) is 63.6 Å². The van der Waals surface area contributed by atoms with Crippen LogP contribution in [0, 0.1) is 0 Å². The van der Waals surface area contributed by atoms with Gasteiger partial charge in [-0.2, -0.15) is 0 Å². The Labute approximate surface area is 159 Å². The lowest BCUT2D eigenvalue weighted by Gasteiger charge is -2.42. The van der Waals surface area contributed by atoms with Crippen molar-refractivity contribution in [1.82, 2.24) is 20.1 Å². The second-order valence-corrected chi connectivity index (χ2v) is 7.49. The highest BCUT2D eigenvalue weighted by atomic mass is 35.5. The molecule has 2 saturated heterocycles. The van der Waals surface area contributed by atoms with Crippen LogP contribution in [0.2, 0.25) is 5.02 Å². The van der Waals surface area contributed by atoms with E-state index in [4.69, 9.17) is 11.6 Å². The molecule has 0 unspecified atom stereocenters. The van der Waals surface area contributed by atoms with Crippen molar-refractivity contribution >= 4 is 29.1 Å². The van der Waals surface area contributed by atoms with Gasteiger partial charge in [-0.25, -0.2) is 9.78 Å². The van der Waals surface area contributed by atoms with Crippen LogP contribution < -0.4 is 15.1 Å². The van der Waals surface area contributed by atoms with Gasteiger partial charge in [-0.1, -0.05) is 11.6 Å². The number of nitrogens with zero attached hydrogens (tertiary/aromatic N) is 5. The topological polar surface area (TPSA) is 55.0 Å². The molecule has 4 rings (SSSR count). The zero-order chi connectivity index (χ0) is 18.1. The summed E-state index contributed by atoms with van der Waals surface area (Å²) in [7, 11) is 2.00. The number of carbonyl (C=O) groups excluding carboxylic acids is 1. The predicted molar refractivity (Wildman–Crippen MR) is 104 cm³/mol. The first-order valence-corrected chi connectivity index (χ1v) is 9.61. The van der Waals surface area contributed by atoms with Gasteiger partial charge in [0.2, 0.25) is 0 Å². The van der Waals surface area contributed by atoms with Gasteiger partial charge in [0.15, 0.2) is 5.82 Å². The number of hydrogen-bond acceptors (Lipinski definition) is 5. The molecular weight excluding hydrogens is 352 g/mol. The largest absolute Gasteiger partial charge is 0.347 e. The van der Waals surface area contributed by atoms with Gasteiger partial charge < -0.3 is 24.9 Å². The van der Waals surface area contributed by atoms with Crippen molar-refractivity contribution in [3.05, 3.63) is 29.7 Å². The molecule has 140 valence electrons. The van der Waals surface area contributed by atoms with Crippen LogP contribution >= 0.6 is 11.6 Å². The summed E-state index contributed by atoms with van der Waals surface area (Å²) in [6, 6.07) is 2.48. The molecule has 0 aromatic carbocycles. The zero-order valence-electron chi connectivity index (χ0n) is 15.1. The highest BCUT2D eigenvalue weighted by Crippen LogP contribution is 2.35. The second kappa shape index (κ2) is 7.32. The summed E-state index contributed by atoms with van der Waals surface area (Å²) in [5.41, 5.74) is 1.01. The molecule has 0 radical (unpaired) electrons. The van der Waals surface area contributed by atoms with E-state index in [2.05, 4.69) is 21.4 Å². The zero-order valence-corrected chi connectivity index (χ0v) is 15.8. The minimum atomic E-state index is 0.184. The maximum absolute atomic E-state index is 12.7. The normalized spacial score (nSPS) is 21.2. The fourth-order valence-electron chi connectivity index (χ4n) is 3.89. The number of urea groups is 1. The Morgan fingerprint density at radius 3 is 2.58 bits per heavy atom. The van der Waals surface area contributed by atoms with Crippen LogP contribution in [-0.4, -0.2) is 73.2 Å². The quantitative estimate of drug-likeness (QED) is 0.812. The number of aromatic nitrogens is 1. The maximum Gasteiger partial charge on any atom is 0.320 e. The fraction of sp³-hybridized carbons (Fsp3) is 0.556. The molecule has 3 aliphatic rings. The number of carbonyl (C=O) groups is 1. The molecule has 1 aromatic rings. The van der Waals surface area contributed by atoms with Crippen molar-refractivity contribution in [3.63, 3.8) is 0 Å². The molecule has 0 saturated carbocycles. The number of rotatable bonds is 1. The lowest BCUT2D eigenvalue weighted by atomic mass is 10.0. The number of piperazine rings is 1. The van der Waals surface area contributed by atoms with Crippen LogP contribution in [0.5, 0.6) is 0 Å². The minimum absolute atomic E-state index is 0.184. The Morgan fingerprint density at radius 2 is 1.85 bits per heavy atom. The molecule has 2 amide bonds. The van der Waals surface area contributed by atoms with Crippen LogP contribution in [0.1, 0.15) is 12.8 Å². The first-order chi connectivity index (χ1) is 12.6. The number of piperidine rings is 1. The molecule has 0 bridgehead atoms. The molecule has 3 aliphatic heterocycles. The van der Waals surface area contributed by atoms with Crippen LogP contribution in [0.3, 0.4) is 0 Å². The van der Waals surface area contributed by atoms with Gasteiger partial charge in [0.05, 0.1) is 10.7 Å². The first-order valence-electron chi connectivity index (χ1n) is 9.23. The van der Waals surface area contributed by atoms with Crippen molar-refractivity contribution in [2.24, 2.45) is 0 Å². The van der Waals surface area contributed by atoms with E-state index in [0.29, 0.717) is 11.1 Å². The monoisotopic (exact) mass is 376 g/mol. The minimum Gasteiger partial charge on any atom is -0.347 e. The van der Waals surface area contributed by atoms with Crippen LogP contribution in [0.15, 0.2) is 24.7 Å². The van der Waals surface area contributed by atoms with Gasteiger partial charge in [0, 0.05) is 71.0 Å². The molecule has 7 nitrogen and oxygen atoms in total. The van der Waals surface area contributed by atoms with Gasteiger partial charge in [0.1, 0.15) is 0 Å². The number of hydrogen-bond donors (Lipinski definition) is 1. The lowest BCUT2D eigenvalue weighted by molar-refractivity contribution is 0.134. The average molecular weight is 377 g/mol. The number of halogens is 1.